The molecule has 26 heavy (non-hydrogen) atoms. The fourth-order valence-corrected chi connectivity index (χ4v) is 2.92. The maximum atomic E-state index is 12.6. The summed E-state index contributed by atoms with van der Waals surface area (Å²) in [5.41, 5.74) is 4.18. The highest BCUT2D eigenvalue weighted by atomic mass is 16.2. The Labute approximate surface area is 149 Å². The zero-order valence-electron chi connectivity index (χ0n) is 14.3. The average Bonchev–Trinajstić information content (AvgIpc) is 3.09. The van der Waals surface area contributed by atoms with E-state index < -0.39 is 0 Å². The summed E-state index contributed by atoms with van der Waals surface area (Å²) in [6, 6.07) is 1.77. The molecule has 0 fully saturated rings. The summed E-state index contributed by atoms with van der Waals surface area (Å²) in [6.45, 7) is 3.48. The number of aromatic nitrogens is 6. The zero-order chi connectivity index (χ0) is 17.9. The minimum absolute atomic E-state index is 0.116. The molecule has 3 aromatic rings. The molecule has 132 valence electrons. The molecule has 0 saturated heterocycles. The van der Waals surface area contributed by atoms with Crippen LogP contribution in [0, 0.1) is 6.92 Å². The van der Waals surface area contributed by atoms with Gasteiger partial charge in [-0.1, -0.05) is 0 Å². The van der Waals surface area contributed by atoms with Gasteiger partial charge in [-0.15, -0.1) is 0 Å². The number of aryl methyl sites for hydroxylation is 1. The molecule has 3 aromatic heterocycles. The molecule has 0 saturated carbocycles. The normalized spacial score (nSPS) is 13.3. The van der Waals surface area contributed by atoms with Crippen LogP contribution in [0.1, 0.15) is 33.1 Å². The molecule has 1 aliphatic heterocycles. The zero-order valence-corrected chi connectivity index (χ0v) is 14.3. The van der Waals surface area contributed by atoms with Crippen molar-refractivity contribution in [2.75, 3.05) is 11.9 Å². The van der Waals surface area contributed by atoms with Crippen LogP contribution in [0.4, 0.5) is 5.95 Å². The van der Waals surface area contributed by atoms with Crippen LogP contribution in [0.3, 0.4) is 0 Å². The Morgan fingerprint density at radius 2 is 2.08 bits per heavy atom. The Kier molecular flexibility index (Phi) is 4.26. The second-order valence-electron chi connectivity index (χ2n) is 6.07. The lowest BCUT2D eigenvalue weighted by Gasteiger charge is -2.26. The predicted octanol–water partition coefficient (Wildman–Crippen LogP) is 1.11. The van der Waals surface area contributed by atoms with Crippen LogP contribution >= 0.6 is 0 Å². The van der Waals surface area contributed by atoms with E-state index in [-0.39, 0.29) is 5.91 Å². The molecule has 0 unspecified atom stereocenters. The first-order valence-corrected chi connectivity index (χ1v) is 8.34. The number of amides is 1. The number of nitrogens with one attached hydrogen (secondary N) is 2. The van der Waals surface area contributed by atoms with Crippen LogP contribution in [-0.2, 0) is 19.5 Å². The summed E-state index contributed by atoms with van der Waals surface area (Å²) >= 11 is 0. The smallest absolute Gasteiger partial charge is 0.274 e. The molecule has 9 heteroatoms. The van der Waals surface area contributed by atoms with Crippen molar-refractivity contribution < 1.29 is 4.79 Å². The van der Waals surface area contributed by atoms with Crippen molar-refractivity contribution in [3.05, 3.63) is 59.2 Å². The standard InChI is InChI=1S/C17H18N8O/c1-11-7-21-14(9-20-11)16(26)25-6-3-12-13(23-24-15(12)10-25)8-22-17-18-4-2-5-19-17/h2,4-5,7,9H,3,6,8,10H2,1H3,(H,23,24)(H,18,19,22). The van der Waals surface area contributed by atoms with Gasteiger partial charge < -0.3 is 10.2 Å². The van der Waals surface area contributed by atoms with Gasteiger partial charge in [0.15, 0.2) is 0 Å². The lowest BCUT2D eigenvalue weighted by molar-refractivity contribution is 0.0726. The Hall–Kier alpha value is -3.36. The number of fused-ring (bicyclic) bond motifs is 1. The van der Waals surface area contributed by atoms with Gasteiger partial charge in [0.25, 0.3) is 5.91 Å². The van der Waals surface area contributed by atoms with Crippen molar-refractivity contribution in [2.45, 2.75) is 26.4 Å². The maximum Gasteiger partial charge on any atom is 0.274 e. The molecule has 1 amide bonds. The van der Waals surface area contributed by atoms with Gasteiger partial charge in [-0.2, -0.15) is 5.10 Å². The minimum Gasteiger partial charge on any atom is -0.348 e. The minimum atomic E-state index is -0.116. The van der Waals surface area contributed by atoms with Crippen molar-refractivity contribution in [3.63, 3.8) is 0 Å². The van der Waals surface area contributed by atoms with Crippen molar-refractivity contribution in [2.24, 2.45) is 0 Å². The van der Waals surface area contributed by atoms with Crippen molar-refractivity contribution in [1.82, 2.24) is 35.0 Å². The highest BCUT2D eigenvalue weighted by molar-refractivity contribution is 5.92. The lowest BCUT2D eigenvalue weighted by Crippen LogP contribution is -2.36. The van der Waals surface area contributed by atoms with Gasteiger partial charge in [-0.05, 0) is 19.4 Å². The average molecular weight is 350 g/mol. The second kappa shape index (κ2) is 6.87. The van der Waals surface area contributed by atoms with Crippen molar-refractivity contribution >= 4 is 11.9 Å². The van der Waals surface area contributed by atoms with E-state index in [1.54, 1.807) is 29.6 Å². The molecule has 9 nitrogen and oxygen atoms in total. The number of aromatic amines is 1. The summed E-state index contributed by atoms with van der Waals surface area (Å²) in [4.78, 5) is 31.0. The molecule has 0 bridgehead atoms. The highest BCUT2D eigenvalue weighted by Crippen LogP contribution is 2.21. The molecule has 4 rings (SSSR count). The lowest BCUT2D eigenvalue weighted by atomic mass is 10.0. The summed E-state index contributed by atoms with van der Waals surface area (Å²) in [7, 11) is 0. The van der Waals surface area contributed by atoms with Gasteiger partial charge >= 0.3 is 0 Å². The van der Waals surface area contributed by atoms with Crippen LogP contribution < -0.4 is 5.32 Å². The molecule has 2 N–H and O–H groups in total. The number of anilines is 1. The first kappa shape index (κ1) is 16.1. The highest BCUT2D eigenvalue weighted by Gasteiger charge is 2.26. The van der Waals surface area contributed by atoms with E-state index in [4.69, 9.17) is 0 Å². The molecular formula is C17H18N8O. The van der Waals surface area contributed by atoms with Crippen LogP contribution in [0.15, 0.2) is 30.9 Å². The topological polar surface area (TPSA) is 113 Å². The van der Waals surface area contributed by atoms with Gasteiger partial charge in [0.05, 0.1) is 36.4 Å². The van der Waals surface area contributed by atoms with Gasteiger partial charge in [-0.3, -0.25) is 14.9 Å². The molecule has 0 atom stereocenters. The first-order valence-electron chi connectivity index (χ1n) is 8.34. The summed E-state index contributed by atoms with van der Waals surface area (Å²) < 4.78 is 0. The van der Waals surface area contributed by atoms with E-state index in [1.165, 1.54) is 6.20 Å². The second-order valence-corrected chi connectivity index (χ2v) is 6.07. The molecular weight excluding hydrogens is 332 g/mol. The van der Waals surface area contributed by atoms with Gasteiger partial charge in [0.1, 0.15) is 5.69 Å². The third kappa shape index (κ3) is 3.23. The molecule has 0 aromatic carbocycles. The monoisotopic (exact) mass is 350 g/mol. The maximum absolute atomic E-state index is 12.6. The molecule has 4 heterocycles. The number of hydrogen-bond donors (Lipinski definition) is 2. The number of carbonyl (C=O) groups is 1. The largest absolute Gasteiger partial charge is 0.348 e. The van der Waals surface area contributed by atoms with E-state index >= 15 is 0 Å². The summed E-state index contributed by atoms with van der Waals surface area (Å²) in [6.07, 6.45) is 7.24. The Morgan fingerprint density at radius 1 is 1.23 bits per heavy atom. The van der Waals surface area contributed by atoms with Crippen molar-refractivity contribution in [3.8, 4) is 0 Å². The van der Waals surface area contributed by atoms with Gasteiger partial charge in [0, 0.05) is 30.7 Å². The van der Waals surface area contributed by atoms with E-state index in [0.29, 0.717) is 31.3 Å². The van der Waals surface area contributed by atoms with Gasteiger partial charge in [0.2, 0.25) is 5.95 Å². The van der Waals surface area contributed by atoms with Gasteiger partial charge in [-0.25, -0.2) is 15.0 Å². The molecule has 0 aliphatic carbocycles. The number of hydrogen-bond acceptors (Lipinski definition) is 7. The number of carbonyl (C=O) groups excluding carboxylic acids is 1. The predicted molar refractivity (Wildman–Crippen MR) is 93.2 cm³/mol. The Morgan fingerprint density at radius 3 is 2.85 bits per heavy atom. The Balaban J connectivity index is 1.44. The summed E-state index contributed by atoms with van der Waals surface area (Å²) in [5, 5.41) is 10.6. The van der Waals surface area contributed by atoms with Crippen LogP contribution in [0.5, 0.6) is 0 Å². The SMILES string of the molecule is Cc1cnc(C(=O)N2CCc3c(CNc4ncccn4)n[nH]c3C2)cn1. The third-order valence-electron chi connectivity index (χ3n) is 4.29. The number of nitrogens with zero attached hydrogens (tertiary/aromatic N) is 6. The third-order valence-corrected chi connectivity index (χ3v) is 4.29. The molecule has 0 radical (unpaired) electrons. The fourth-order valence-electron chi connectivity index (χ4n) is 2.92. The van der Waals surface area contributed by atoms with E-state index in [1.807, 2.05) is 6.92 Å². The van der Waals surface area contributed by atoms with Crippen LogP contribution in [-0.4, -0.2) is 47.5 Å². The molecule has 0 spiro atoms. The van der Waals surface area contributed by atoms with Crippen LogP contribution in [0.25, 0.3) is 0 Å². The first-order chi connectivity index (χ1) is 12.7. The number of H-pyrrole nitrogens is 1. The molecule has 1 aliphatic rings. The van der Waals surface area contributed by atoms with E-state index in [9.17, 15) is 4.79 Å². The van der Waals surface area contributed by atoms with E-state index in [2.05, 4.69) is 35.5 Å². The van der Waals surface area contributed by atoms with E-state index in [0.717, 1.165) is 29.1 Å². The fraction of sp³-hybridized carbons (Fsp3) is 0.294. The Bertz CT molecular complexity index is 906. The van der Waals surface area contributed by atoms with Crippen LogP contribution in [0.2, 0.25) is 0 Å². The quantitative estimate of drug-likeness (QED) is 0.724. The number of rotatable bonds is 4. The summed E-state index contributed by atoms with van der Waals surface area (Å²) in [5.74, 6) is 0.449. The van der Waals surface area contributed by atoms with Crippen molar-refractivity contribution in [1.29, 1.82) is 0 Å².